The van der Waals surface area contributed by atoms with Gasteiger partial charge in [-0.1, -0.05) is 147 Å². The van der Waals surface area contributed by atoms with Crippen molar-refractivity contribution in [3.8, 4) is 11.3 Å². The Morgan fingerprint density at radius 2 is 0.830 bits per heavy atom. The van der Waals surface area contributed by atoms with Gasteiger partial charge < -0.3 is 59.5 Å². The van der Waals surface area contributed by atoms with E-state index in [2.05, 4.69) is 81.8 Å². The number of nitrogens with zero attached hydrogens (tertiary/aromatic N) is 16. The SMILES string of the molecule is CSSCCOC(=O)N(C)Cc1ccc(-c2[nH]c3cc(F)cc4c3c2CCCC4=O)cc1.CSSCCOC(=O)NCN1c2cc(F)cc3c(=O)[nH]nc(c23)[C@H](c2ncnn2C)[C@H]1c1ccc(F)cc1.CSSCCOC(=O)NCN1c2cc(F)cc3c(=O)[nH]nc(c23)[C@H](c2ncnn2C)[C@H]1c1ccc(F)cc1.CSS[C@H](C)COC(=O)NCN1c2cc(F)cc3c(=O)[nH]nc(c23)[C@H](c2ncnn2C)[C@H]1c1ccc(F)cc1. The first-order valence-electron chi connectivity index (χ1n) is 45.5. The monoisotopic (exact) mass is 2160 g/mol. The maximum atomic E-state index is 14.9. The number of alkyl carbamates (subject to hydrolysis) is 3. The number of carbonyl (C=O) groups is 5. The van der Waals surface area contributed by atoms with Crippen molar-refractivity contribution < 1.29 is 73.7 Å². The Bertz CT molecular complexity index is 7280. The lowest BCUT2D eigenvalue weighted by molar-refractivity contribution is 0.0982. The molecule has 0 fully saturated rings. The molecule has 10 heterocycles. The van der Waals surface area contributed by atoms with Gasteiger partial charge in [0.25, 0.3) is 16.7 Å². The van der Waals surface area contributed by atoms with Crippen LogP contribution in [0.2, 0.25) is 0 Å². The Hall–Kier alpha value is -13.4. The lowest BCUT2D eigenvalue weighted by atomic mass is 9.82. The van der Waals surface area contributed by atoms with Crippen molar-refractivity contribution in [2.75, 3.05) is 110 Å². The zero-order chi connectivity index (χ0) is 104. The van der Waals surface area contributed by atoms with Crippen molar-refractivity contribution in [1.29, 1.82) is 0 Å². The minimum Gasteiger partial charge on any atom is -0.449 e. The van der Waals surface area contributed by atoms with E-state index in [0.29, 0.717) is 127 Å². The second-order valence-electron chi connectivity index (χ2n) is 33.6. The highest BCUT2D eigenvalue weighted by Gasteiger charge is 2.47. The number of aryl methyl sites for hydroxylation is 4. The minimum absolute atomic E-state index is 0.00360. The van der Waals surface area contributed by atoms with Crippen LogP contribution in [0.5, 0.6) is 0 Å². The predicted molar refractivity (Wildman–Crippen MR) is 561 cm³/mol. The fourth-order valence-electron chi connectivity index (χ4n) is 18.4. The van der Waals surface area contributed by atoms with Crippen LogP contribution in [-0.4, -0.2) is 216 Å². The summed E-state index contributed by atoms with van der Waals surface area (Å²) in [6, 6.07) is 33.8. The van der Waals surface area contributed by atoms with E-state index in [1.807, 2.05) is 56.2 Å². The lowest BCUT2D eigenvalue weighted by Gasteiger charge is -2.42. The van der Waals surface area contributed by atoms with Crippen molar-refractivity contribution in [3.63, 3.8) is 0 Å². The molecule has 0 saturated carbocycles. The second-order valence-corrected chi connectivity index (χ2v) is 44.6. The molecule has 7 atom stereocenters. The van der Waals surface area contributed by atoms with Gasteiger partial charge in [0, 0.05) is 102 Å². The predicted octanol–water partition coefficient (Wildman–Crippen LogP) is 17.6. The van der Waals surface area contributed by atoms with Gasteiger partial charge in [0.2, 0.25) is 0 Å². The third-order valence-corrected chi connectivity index (χ3v) is 32.1. The molecule has 8 aromatic carbocycles. The van der Waals surface area contributed by atoms with Crippen LogP contribution < -0.4 is 47.3 Å². The van der Waals surface area contributed by atoms with Gasteiger partial charge in [-0.05, 0) is 163 Å². The molecule has 3 aliphatic heterocycles. The van der Waals surface area contributed by atoms with Crippen LogP contribution in [0, 0.1) is 40.7 Å². The molecule has 0 radical (unpaired) electrons. The molecular weight excluding hydrogens is 2070 g/mol. The Morgan fingerprint density at radius 3 is 1.20 bits per heavy atom. The fraction of sp³-hybridized carbons (Fsp3) is 0.309. The molecule has 0 unspecified atom stereocenters. The summed E-state index contributed by atoms with van der Waals surface area (Å²) in [5, 5.41) is 43.9. The van der Waals surface area contributed by atoms with Crippen molar-refractivity contribution in [2.24, 2.45) is 21.1 Å². The van der Waals surface area contributed by atoms with Crippen LogP contribution >= 0.6 is 86.4 Å². The molecular formula is C97H96F7N23O12S8. The van der Waals surface area contributed by atoms with E-state index in [9.17, 15) is 69.1 Å². The molecule has 15 aromatic rings. The highest BCUT2D eigenvalue weighted by molar-refractivity contribution is 8.77. The standard InChI is InChI=1S/C25H25F2N7O3S2.2C24H23F2N7O3S2.C24H25FN2O3S2/c1-13(39-38-3)10-37-25(36)29-12-34-18-9-16(27)8-17-19(18)21(31-32-24(17)35)20(23-28-11-30-33(23)2)22(34)14-4-6-15(26)7-5-14;2*1-32-22(27-11-29-32)19-20-18-16(23(34)31-30-20)9-15(26)10-17(18)33(12-28-24(35)36-7-8-38-37-2)21(19)13-3-5-14(25)6-4-13;1-27(24(29)30-10-11-32-31-2)14-15-6-8-16(9-7-15)23-18-4-3-5-21(28)19-12-17(25)13-20(26-23)22(18)19/h4-9,11,13,20,22H,10,12H2,1-3H3,(H,29,36)(H,32,35);2*3-6,9-11,19,21H,7-8,12H2,1-2H3,(H,28,35)(H,31,34);6-9,12-13,26H,3-5,10-11,14H2,1-2H3/t13-,20+,22-;2*19-,21+;/m100./s1. The number of Topliss-reactive ketones (excluding diaryl/α,β-unsaturated/α-hetero) is 1. The average Bonchev–Trinajstić information content (AvgIpc) is 1.55. The summed E-state index contributed by atoms with van der Waals surface area (Å²) < 4.78 is 126. The number of benzene rings is 8. The van der Waals surface area contributed by atoms with Gasteiger partial charge >= 0.3 is 24.4 Å². The molecule has 0 bridgehead atoms. The Balaban J connectivity index is 0.000000140. The number of aromatic amines is 4. The van der Waals surface area contributed by atoms with Crippen LogP contribution in [0.3, 0.4) is 0 Å². The molecule has 147 heavy (non-hydrogen) atoms. The molecule has 0 saturated heterocycles. The number of ketones is 1. The normalized spacial score (nSPS) is 16.1. The van der Waals surface area contributed by atoms with Gasteiger partial charge in [-0.3, -0.25) is 33.2 Å². The molecule has 768 valence electrons. The topological polar surface area (TPSA) is 416 Å². The molecule has 7 aromatic heterocycles. The van der Waals surface area contributed by atoms with Crippen molar-refractivity contribution in [2.45, 2.75) is 73.9 Å². The summed E-state index contributed by atoms with van der Waals surface area (Å²) in [7, 11) is 19.6. The van der Waals surface area contributed by atoms with Crippen molar-refractivity contribution in [3.05, 3.63) is 304 Å². The summed E-state index contributed by atoms with van der Waals surface area (Å²) in [5.74, 6) is -1.92. The molecule has 19 rings (SSSR count). The van der Waals surface area contributed by atoms with Crippen LogP contribution in [0.15, 0.2) is 179 Å². The third kappa shape index (κ3) is 24.1. The molecule has 0 spiro atoms. The van der Waals surface area contributed by atoms with Crippen molar-refractivity contribution >= 4 is 177 Å². The number of anilines is 3. The van der Waals surface area contributed by atoms with E-state index in [1.165, 1.54) is 85.7 Å². The largest absolute Gasteiger partial charge is 0.449 e. The second kappa shape index (κ2) is 48.5. The molecule has 35 nitrogen and oxygen atoms in total. The Labute approximate surface area is 866 Å². The summed E-state index contributed by atoms with van der Waals surface area (Å²) >= 11 is 0. The van der Waals surface area contributed by atoms with Gasteiger partial charge in [0.15, 0.2) is 5.78 Å². The van der Waals surface area contributed by atoms with Gasteiger partial charge in [-0.2, -0.15) is 30.6 Å². The minimum atomic E-state index is -0.654. The van der Waals surface area contributed by atoms with Crippen LogP contribution in [-0.2, 0) is 53.1 Å². The first kappa shape index (κ1) is 106. The zero-order valence-corrected chi connectivity index (χ0v) is 86.5. The number of hydrogen-bond acceptors (Lipinski definition) is 32. The molecule has 4 amide bonds. The van der Waals surface area contributed by atoms with E-state index in [1.54, 1.807) is 185 Å². The van der Waals surface area contributed by atoms with E-state index in [0.717, 1.165) is 64.6 Å². The Kier molecular flexibility index (Phi) is 35.1. The van der Waals surface area contributed by atoms with Crippen LogP contribution in [0.25, 0.3) is 54.5 Å². The van der Waals surface area contributed by atoms with Gasteiger partial charge in [-0.25, -0.2) is 80.2 Å². The summed E-state index contributed by atoms with van der Waals surface area (Å²) in [6.45, 7) is 3.10. The first-order chi connectivity index (χ1) is 71.0. The lowest BCUT2D eigenvalue weighted by Crippen LogP contribution is -2.45. The zero-order valence-electron chi connectivity index (χ0n) is 80.0. The molecule has 7 N–H and O–H groups in total. The first-order valence-corrected chi connectivity index (χ1v) is 56.3. The van der Waals surface area contributed by atoms with Gasteiger partial charge in [0.1, 0.15) is 104 Å². The number of carbonyl (C=O) groups excluding carboxylic acids is 5. The number of hydrogen-bond donors (Lipinski definition) is 7. The summed E-state index contributed by atoms with van der Waals surface area (Å²) in [4.78, 5) is 124. The maximum Gasteiger partial charge on any atom is 0.409 e. The molecule has 1 aliphatic carbocycles. The molecule has 4 aliphatic rings. The number of H-pyrrole nitrogens is 4. The third-order valence-electron chi connectivity index (χ3n) is 24.6. The number of halogens is 7. The van der Waals surface area contributed by atoms with Crippen LogP contribution in [0.1, 0.15) is 128 Å². The van der Waals surface area contributed by atoms with E-state index < -0.39 is 112 Å². The van der Waals surface area contributed by atoms with E-state index in [4.69, 9.17) is 18.9 Å². The number of rotatable bonds is 31. The Morgan fingerprint density at radius 1 is 0.456 bits per heavy atom. The van der Waals surface area contributed by atoms with Gasteiger partial charge in [0.05, 0.1) is 106 Å². The highest BCUT2D eigenvalue weighted by atomic mass is 33.1. The van der Waals surface area contributed by atoms with E-state index in [-0.39, 0.29) is 73.1 Å². The fourth-order valence-corrected chi connectivity index (χ4v) is 23.1. The number of amides is 4. The van der Waals surface area contributed by atoms with Crippen LogP contribution in [0.4, 0.5) is 67.0 Å². The van der Waals surface area contributed by atoms with Gasteiger partial charge in [-0.15, -0.1) is 0 Å². The quantitative estimate of drug-likeness (QED) is 0.00918. The molecule has 50 heteroatoms. The van der Waals surface area contributed by atoms with Crippen molar-refractivity contribution in [1.82, 2.24) is 101 Å². The average molecular weight is 2170 g/mol. The summed E-state index contributed by atoms with van der Waals surface area (Å²) in [6.07, 6.45) is 11.6. The number of aromatic nitrogens is 16. The number of nitrogens with one attached hydrogen (secondary N) is 7. The smallest absolute Gasteiger partial charge is 0.409 e. The summed E-state index contributed by atoms with van der Waals surface area (Å²) in [5.41, 5.74) is 7.77. The van der Waals surface area contributed by atoms with E-state index >= 15 is 0 Å². The maximum absolute atomic E-state index is 14.9. The number of ether oxygens (including phenoxy) is 4. The highest BCUT2D eigenvalue weighted by Crippen LogP contribution is 2.54.